The fourth-order valence-electron chi connectivity index (χ4n) is 13.1. The van der Waals surface area contributed by atoms with Crippen molar-refractivity contribution in [3.63, 3.8) is 0 Å². The van der Waals surface area contributed by atoms with Crippen molar-refractivity contribution in [3.8, 4) is 22.3 Å². The first-order valence-electron chi connectivity index (χ1n) is 24.3. The lowest BCUT2D eigenvalue weighted by Gasteiger charge is -2.40. The van der Waals surface area contributed by atoms with Crippen LogP contribution in [0.5, 0.6) is 0 Å². The summed E-state index contributed by atoms with van der Waals surface area (Å²) in [4.78, 5) is 5.22. The van der Waals surface area contributed by atoms with Gasteiger partial charge in [-0.2, -0.15) is 0 Å². The minimum Gasteiger partial charge on any atom is -0.310 e. The predicted molar refractivity (Wildman–Crippen MR) is 288 cm³/mol. The number of fused-ring (bicyclic) bond motifs is 6. The van der Waals surface area contributed by atoms with Gasteiger partial charge >= 0.3 is 0 Å². The van der Waals surface area contributed by atoms with Crippen LogP contribution >= 0.6 is 11.3 Å². The summed E-state index contributed by atoms with van der Waals surface area (Å²) in [6.07, 6.45) is 4.63. The molecule has 1 spiro atoms. The number of para-hydroxylation sites is 2. The first kappa shape index (κ1) is 39.4. The monoisotopic (exact) mass is 888 g/mol. The Bertz CT molecular complexity index is 3660. The van der Waals surface area contributed by atoms with Crippen molar-refractivity contribution >= 4 is 76.4 Å². The summed E-state index contributed by atoms with van der Waals surface area (Å²) >= 11 is 1.90. The van der Waals surface area contributed by atoms with Crippen molar-refractivity contribution in [1.29, 1.82) is 0 Å². The van der Waals surface area contributed by atoms with Gasteiger partial charge in [-0.05, 0) is 148 Å². The fourth-order valence-corrected chi connectivity index (χ4v) is 14.2. The van der Waals surface area contributed by atoms with Crippen LogP contribution in [0.1, 0.15) is 35.1 Å². The molecule has 1 saturated carbocycles. The van der Waals surface area contributed by atoms with E-state index in [0.29, 0.717) is 11.8 Å². The van der Waals surface area contributed by atoms with Gasteiger partial charge in [0.25, 0.3) is 0 Å². The first-order valence-corrected chi connectivity index (χ1v) is 25.1. The summed E-state index contributed by atoms with van der Waals surface area (Å²) < 4.78 is 2.63. The molecule has 0 aliphatic heterocycles. The molecule has 11 aromatic rings. The topological polar surface area (TPSA) is 6.48 Å². The van der Waals surface area contributed by atoms with Crippen LogP contribution in [0.15, 0.2) is 231 Å². The van der Waals surface area contributed by atoms with Gasteiger partial charge in [0.15, 0.2) is 0 Å². The largest absolute Gasteiger partial charge is 0.310 e. The molecule has 1 fully saturated rings. The third-order valence-corrected chi connectivity index (χ3v) is 16.9. The number of benzene rings is 10. The highest BCUT2D eigenvalue weighted by molar-refractivity contribution is 7.25. The lowest BCUT2D eigenvalue weighted by atomic mass is 9.68. The molecule has 2 nitrogen and oxygen atoms in total. The standard InChI is InChI=1S/C65H48N2S/c1-4-16-43(17-5-1)44-30-32-46(33-31-44)62-54-25-11-10-18-45(54)34-39-57(62)67(53-37-38-56-55-26-12-13-29-60(55)68-61(56)42-53)59-28-15-20-48-41-50-36-35-49-40-47-19-14-27-58(63(47)65(49,50)64(48)59)66(51-21-6-2-7-22-51)52-23-8-3-9-24-52/h1-34,37-39,42,49-50H,35-36,40-41H2. The zero-order valence-electron chi connectivity index (χ0n) is 37.7. The lowest BCUT2D eigenvalue weighted by molar-refractivity contribution is 0.350. The molecular formula is C65H48N2S. The van der Waals surface area contributed by atoms with Crippen LogP contribution < -0.4 is 9.80 Å². The Balaban J connectivity index is 1.05. The molecule has 3 unspecified atom stereocenters. The first-order chi connectivity index (χ1) is 33.7. The van der Waals surface area contributed by atoms with E-state index >= 15 is 0 Å². The van der Waals surface area contributed by atoms with E-state index in [9.17, 15) is 0 Å². The molecule has 1 aromatic heterocycles. The van der Waals surface area contributed by atoms with Crippen molar-refractivity contribution in [3.05, 3.63) is 253 Å². The second-order valence-electron chi connectivity index (χ2n) is 19.1. The molecule has 1 heterocycles. The van der Waals surface area contributed by atoms with Crippen LogP contribution in [-0.4, -0.2) is 0 Å². The highest BCUT2D eigenvalue weighted by Crippen LogP contribution is 2.69. The van der Waals surface area contributed by atoms with E-state index < -0.39 is 0 Å². The zero-order valence-corrected chi connectivity index (χ0v) is 38.5. The van der Waals surface area contributed by atoms with Crippen LogP contribution in [0.2, 0.25) is 0 Å². The summed E-state index contributed by atoms with van der Waals surface area (Å²) in [6, 6.07) is 86.5. The van der Waals surface area contributed by atoms with E-state index in [1.54, 1.807) is 0 Å². The maximum Gasteiger partial charge on any atom is 0.0546 e. The number of hydrogen-bond donors (Lipinski definition) is 0. The smallest absolute Gasteiger partial charge is 0.0546 e. The van der Waals surface area contributed by atoms with Crippen molar-refractivity contribution in [2.24, 2.45) is 11.8 Å². The van der Waals surface area contributed by atoms with Gasteiger partial charge in [0.2, 0.25) is 0 Å². The molecule has 3 aliphatic rings. The number of anilines is 6. The maximum atomic E-state index is 2.68. The molecule has 0 N–H and O–H groups in total. The predicted octanol–water partition coefficient (Wildman–Crippen LogP) is 17.9. The second kappa shape index (κ2) is 15.7. The van der Waals surface area contributed by atoms with Gasteiger partial charge in [0, 0.05) is 48.2 Å². The molecule has 10 aromatic carbocycles. The summed E-state index contributed by atoms with van der Waals surface area (Å²) in [5, 5.41) is 5.13. The molecule has 0 amide bonds. The van der Waals surface area contributed by atoms with Crippen LogP contribution in [-0.2, 0) is 18.3 Å². The zero-order chi connectivity index (χ0) is 44.8. The summed E-state index contributed by atoms with van der Waals surface area (Å²) in [5.74, 6) is 0.987. The van der Waals surface area contributed by atoms with Gasteiger partial charge in [0.1, 0.15) is 0 Å². The second-order valence-corrected chi connectivity index (χ2v) is 20.2. The minimum absolute atomic E-state index is 0.173. The Hall–Kier alpha value is -7.72. The Kier molecular flexibility index (Phi) is 9.10. The Morgan fingerprint density at radius 2 is 0.912 bits per heavy atom. The minimum atomic E-state index is -0.173. The summed E-state index contributed by atoms with van der Waals surface area (Å²) in [5.41, 5.74) is 18.1. The Morgan fingerprint density at radius 1 is 0.368 bits per heavy atom. The molecule has 68 heavy (non-hydrogen) atoms. The number of hydrogen-bond acceptors (Lipinski definition) is 3. The molecular weight excluding hydrogens is 841 g/mol. The summed E-state index contributed by atoms with van der Waals surface area (Å²) in [7, 11) is 0. The number of nitrogens with zero attached hydrogens (tertiary/aromatic N) is 2. The average Bonchev–Trinajstić information content (AvgIpc) is 4.14. The van der Waals surface area contributed by atoms with Gasteiger partial charge in [-0.25, -0.2) is 0 Å². The molecule has 324 valence electrons. The van der Waals surface area contributed by atoms with Crippen molar-refractivity contribution in [2.45, 2.75) is 31.1 Å². The molecule has 3 aliphatic carbocycles. The molecule has 0 saturated heterocycles. The van der Waals surface area contributed by atoms with E-state index in [1.165, 1.54) is 122 Å². The van der Waals surface area contributed by atoms with Gasteiger partial charge < -0.3 is 9.80 Å². The maximum absolute atomic E-state index is 2.68. The van der Waals surface area contributed by atoms with Crippen LogP contribution in [0.3, 0.4) is 0 Å². The lowest BCUT2D eigenvalue weighted by Crippen LogP contribution is -2.34. The Labute approximate surface area is 402 Å². The number of thiophene rings is 1. The van der Waals surface area contributed by atoms with Crippen molar-refractivity contribution in [1.82, 2.24) is 0 Å². The van der Waals surface area contributed by atoms with Crippen LogP contribution in [0, 0.1) is 11.8 Å². The SMILES string of the molecule is c1ccc(-c2ccc(-c3c(N(c4ccc5c(c4)sc4ccccc45)c4cccc5c4C46c7c(cccc7N(c7ccccc7)c7ccccc7)CC4CCC6C5)ccc4ccccc34)cc2)cc1. The molecule has 14 rings (SSSR count). The Morgan fingerprint density at radius 3 is 1.59 bits per heavy atom. The highest BCUT2D eigenvalue weighted by atomic mass is 32.1. The van der Waals surface area contributed by atoms with Gasteiger partial charge in [0.05, 0.1) is 17.1 Å². The average molecular weight is 889 g/mol. The highest BCUT2D eigenvalue weighted by Gasteiger charge is 2.62. The molecule has 3 heteroatoms. The third-order valence-electron chi connectivity index (χ3n) is 15.7. The van der Waals surface area contributed by atoms with Crippen LogP contribution in [0.4, 0.5) is 34.1 Å². The van der Waals surface area contributed by atoms with Gasteiger partial charge in [-0.3, -0.25) is 0 Å². The normalized spacial score (nSPS) is 17.8. The van der Waals surface area contributed by atoms with E-state index in [1.807, 2.05) is 11.3 Å². The van der Waals surface area contributed by atoms with E-state index in [-0.39, 0.29) is 5.41 Å². The third kappa shape index (κ3) is 5.95. The van der Waals surface area contributed by atoms with E-state index in [0.717, 1.165) is 12.8 Å². The van der Waals surface area contributed by atoms with Crippen molar-refractivity contribution in [2.75, 3.05) is 9.80 Å². The fraction of sp³-hybridized carbons (Fsp3) is 0.108. The summed E-state index contributed by atoms with van der Waals surface area (Å²) in [6.45, 7) is 0. The van der Waals surface area contributed by atoms with Crippen LogP contribution in [0.25, 0.3) is 53.2 Å². The van der Waals surface area contributed by atoms with Gasteiger partial charge in [-0.15, -0.1) is 11.3 Å². The van der Waals surface area contributed by atoms with Crippen molar-refractivity contribution < 1.29 is 0 Å². The molecule has 3 atom stereocenters. The number of rotatable bonds is 8. The van der Waals surface area contributed by atoms with E-state index in [2.05, 4.69) is 240 Å². The van der Waals surface area contributed by atoms with Gasteiger partial charge in [-0.1, -0.05) is 170 Å². The molecule has 0 bridgehead atoms. The molecule has 0 radical (unpaired) electrons. The quantitative estimate of drug-likeness (QED) is 0.150. The van der Waals surface area contributed by atoms with E-state index in [4.69, 9.17) is 0 Å².